The topological polar surface area (TPSA) is 24.9 Å². The Labute approximate surface area is 96.1 Å². The molecule has 15 heavy (non-hydrogen) atoms. The maximum atomic E-state index is 4.34. The van der Waals surface area contributed by atoms with Gasteiger partial charge in [-0.2, -0.15) is 0 Å². The highest BCUT2D eigenvalue weighted by Crippen LogP contribution is 2.34. The molecule has 1 atom stereocenters. The van der Waals surface area contributed by atoms with Crippen LogP contribution in [0, 0.1) is 5.92 Å². The Kier molecular flexibility index (Phi) is 4.15. The molecule has 2 nitrogen and oxygen atoms in total. The molecule has 0 saturated heterocycles. The van der Waals surface area contributed by atoms with E-state index < -0.39 is 0 Å². The first kappa shape index (κ1) is 11.1. The lowest BCUT2D eigenvalue weighted by atomic mass is 10.1. The van der Waals surface area contributed by atoms with Gasteiger partial charge in [0.15, 0.2) is 0 Å². The van der Waals surface area contributed by atoms with Gasteiger partial charge >= 0.3 is 0 Å². The zero-order chi connectivity index (χ0) is 10.5. The van der Waals surface area contributed by atoms with Crippen LogP contribution in [0.2, 0.25) is 0 Å². The summed E-state index contributed by atoms with van der Waals surface area (Å²) in [6.07, 6.45) is 8.41. The van der Waals surface area contributed by atoms with Crippen LogP contribution in [0.25, 0.3) is 0 Å². The number of aromatic nitrogens is 1. The summed E-state index contributed by atoms with van der Waals surface area (Å²) in [7, 11) is 0. The third kappa shape index (κ3) is 3.58. The average molecular weight is 224 g/mol. The van der Waals surface area contributed by atoms with Gasteiger partial charge in [0.05, 0.1) is 5.01 Å². The minimum atomic E-state index is 0.744. The Morgan fingerprint density at radius 3 is 3.07 bits per heavy atom. The van der Waals surface area contributed by atoms with E-state index in [-0.39, 0.29) is 0 Å². The Morgan fingerprint density at radius 1 is 1.60 bits per heavy atom. The maximum absolute atomic E-state index is 4.34. The fraction of sp³-hybridized carbons (Fsp3) is 0.750. The van der Waals surface area contributed by atoms with Crippen LogP contribution in [0.5, 0.6) is 0 Å². The average Bonchev–Trinajstić information content (AvgIpc) is 2.95. The molecule has 1 aliphatic carbocycles. The van der Waals surface area contributed by atoms with E-state index in [1.54, 1.807) is 11.3 Å². The molecule has 0 spiro atoms. The molecule has 0 aromatic carbocycles. The third-order valence-corrected chi connectivity index (χ3v) is 3.84. The summed E-state index contributed by atoms with van der Waals surface area (Å²) in [6.45, 7) is 3.40. The summed E-state index contributed by atoms with van der Waals surface area (Å²) in [6, 6.07) is 0.744. The largest absolute Gasteiger partial charge is 0.314 e. The number of aryl methyl sites for hydroxylation is 1. The molecule has 84 valence electrons. The van der Waals surface area contributed by atoms with Crippen molar-refractivity contribution in [2.75, 3.05) is 6.54 Å². The number of thiazole rings is 1. The molecule has 0 bridgehead atoms. The minimum Gasteiger partial charge on any atom is -0.314 e. The van der Waals surface area contributed by atoms with Crippen molar-refractivity contribution in [2.24, 2.45) is 5.92 Å². The summed E-state index contributed by atoms with van der Waals surface area (Å²) < 4.78 is 0. The van der Waals surface area contributed by atoms with E-state index in [1.165, 1.54) is 37.2 Å². The second-order valence-corrected chi connectivity index (χ2v) is 5.34. The molecule has 0 aliphatic heterocycles. The van der Waals surface area contributed by atoms with Crippen LogP contribution >= 0.6 is 11.3 Å². The van der Waals surface area contributed by atoms with E-state index in [0.717, 1.165) is 18.4 Å². The molecule has 1 N–H and O–H groups in total. The predicted octanol–water partition coefficient (Wildman–Crippen LogP) is 2.85. The van der Waals surface area contributed by atoms with Gasteiger partial charge in [-0.15, -0.1) is 11.3 Å². The molecule has 2 rings (SSSR count). The fourth-order valence-electron chi connectivity index (χ4n) is 1.99. The third-order valence-electron chi connectivity index (χ3n) is 3.00. The van der Waals surface area contributed by atoms with Crippen molar-refractivity contribution >= 4 is 11.3 Å². The van der Waals surface area contributed by atoms with Crippen LogP contribution in [-0.2, 0) is 6.42 Å². The van der Waals surface area contributed by atoms with Gasteiger partial charge < -0.3 is 5.32 Å². The number of hydrogen-bond donors (Lipinski definition) is 1. The first-order valence-electron chi connectivity index (χ1n) is 6.02. The highest BCUT2D eigenvalue weighted by molar-refractivity contribution is 7.09. The first-order chi connectivity index (χ1) is 7.40. The highest BCUT2D eigenvalue weighted by atomic mass is 32.1. The monoisotopic (exact) mass is 224 g/mol. The molecule has 1 heterocycles. The predicted molar refractivity (Wildman–Crippen MR) is 65.2 cm³/mol. The smallest absolute Gasteiger partial charge is 0.0925 e. The molecule has 1 fully saturated rings. The van der Waals surface area contributed by atoms with Crippen molar-refractivity contribution in [3.8, 4) is 0 Å². The first-order valence-corrected chi connectivity index (χ1v) is 6.90. The summed E-state index contributed by atoms with van der Waals surface area (Å²) in [4.78, 5) is 4.34. The standard InChI is InChI=1S/C12H20N2S/c1-2-7-13-11(10-3-4-10)5-6-12-14-8-9-15-12/h8-11,13H,2-7H2,1H3. The summed E-state index contributed by atoms with van der Waals surface area (Å²) >= 11 is 1.78. The Hall–Kier alpha value is -0.410. The summed E-state index contributed by atoms with van der Waals surface area (Å²) in [5.74, 6) is 0.955. The van der Waals surface area contributed by atoms with Crippen LogP contribution < -0.4 is 5.32 Å². The number of nitrogens with zero attached hydrogens (tertiary/aromatic N) is 1. The molecule has 1 aromatic rings. The molecule has 1 unspecified atom stereocenters. The normalized spacial score (nSPS) is 17.9. The van der Waals surface area contributed by atoms with Crippen molar-refractivity contribution < 1.29 is 0 Å². The molecule has 1 aliphatic rings. The zero-order valence-electron chi connectivity index (χ0n) is 9.41. The van der Waals surface area contributed by atoms with Gasteiger partial charge in [-0.05, 0) is 38.1 Å². The summed E-state index contributed by atoms with van der Waals surface area (Å²) in [5.41, 5.74) is 0. The van der Waals surface area contributed by atoms with Crippen molar-refractivity contribution in [1.82, 2.24) is 10.3 Å². The van der Waals surface area contributed by atoms with Crippen molar-refractivity contribution in [3.63, 3.8) is 0 Å². The number of hydrogen-bond acceptors (Lipinski definition) is 3. The lowest BCUT2D eigenvalue weighted by molar-refractivity contribution is 0.435. The zero-order valence-corrected chi connectivity index (χ0v) is 10.2. The second-order valence-electron chi connectivity index (χ2n) is 4.36. The Morgan fingerprint density at radius 2 is 2.47 bits per heavy atom. The second kappa shape index (κ2) is 5.61. The van der Waals surface area contributed by atoms with E-state index in [2.05, 4.69) is 22.6 Å². The molecule has 3 heteroatoms. The van der Waals surface area contributed by atoms with Gasteiger partial charge in [-0.3, -0.25) is 0 Å². The van der Waals surface area contributed by atoms with E-state index >= 15 is 0 Å². The maximum Gasteiger partial charge on any atom is 0.0925 e. The lowest BCUT2D eigenvalue weighted by Gasteiger charge is -2.16. The van der Waals surface area contributed by atoms with Gasteiger partial charge in [0, 0.05) is 24.0 Å². The van der Waals surface area contributed by atoms with Crippen molar-refractivity contribution in [2.45, 2.75) is 45.1 Å². The lowest BCUT2D eigenvalue weighted by Crippen LogP contribution is -2.32. The number of rotatable bonds is 7. The fourth-order valence-corrected chi connectivity index (χ4v) is 2.62. The van der Waals surface area contributed by atoms with Crippen LogP contribution in [0.4, 0.5) is 0 Å². The van der Waals surface area contributed by atoms with E-state index in [4.69, 9.17) is 0 Å². The van der Waals surface area contributed by atoms with Gasteiger partial charge in [0.25, 0.3) is 0 Å². The van der Waals surface area contributed by atoms with Gasteiger partial charge in [-0.1, -0.05) is 6.92 Å². The Balaban J connectivity index is 1.74. The van der Waals surface area contributed by atoms with E-state index in [1.807, 2.05) is 6.20 Å². The van der Waals surface area contributed by atoms with Crippen LogP contribution in [0.15, 0.2) is 11.6 Å². The Bertz CT molecular complexity index is 267. The quantitative estimate of drug-likeness (QED) is 0.770. The van der Waals surface area contributed by atoms with Gasteiger partial charge in [0.1, 0.15) is 0 Å². The SMILES string of the molecule is CCCNC(CCc1nccs1)C1CC1. The van der Waals surface area contributed by atoms with Crippen LogP contribution in [0.3, 0.4) is 0 Å². The molecular formula is C12H20N2S. The molecular weight excluding hydrogens is 204 g/mol. The van der Waals surface area contributed by atoms with Crippen molar-refractivity contribution in [1.29, 1.82) is 0 Å². The van der Waals surface area contributed by atoms with Crippen molar-refractivity contribution in [3.05, 3.63) is 16.6 Å². The van der Waals surface area contributed by atoms with E-state index in [9.17, 15) is 0 Å². The van der Waals surface area contributed by atoms with Gasteiger partial charge in [-0.25, -0.2) is 4.98 Å². The summed E-state index contributed by atoms with van der Waals surface area (Å²) in [5, 5.41) is 7.03. The van der Waals surface area contributed by atoms with E-state index in [0.29, 0.717) is 0 Å². The van der Waals surface area contributed by atoms with Crippen LogP contribution in [0.1, 0.15) is 37.6 Å². The van der Waals surface area contributed by atoms with Crippen LogP contribution in [-0.4, -0.2) is 17.6 Å². The molecule has 1 aromatic heterocycles. The number of nitrogens with one attached hydrogen (secondary N) is 1. The minimum absolute atomic E-state index is 0.744. The molecule has 0 radical (unpaired) electrons. The van der Waals surface area contributed by atoms with Gasteiger partial charge in [0.2, 0.25) is 0 Å². The highest BCUT2D eigenvalue weighted by Gasteiger charge is 2.30. The molecule has 1 saturated carbocycles. The molecule has 0 amide bonds.